The molecule has 172 valence electrons. The summed E-state index contributed by atoms with van der Waals surface area (Å²) < 4.78 is 11.4. The standard InChI is InChI=1S/C28H36O4/c1-27(2,3)19-13-17-11-9-10-12-18-14-20(28(4,5)6)16-22(26(18)32-8)24(30)23(29)21(15-19)25(17)31-7/h13-16H,9-12H2,1-8H3. The van der Waals surface area contributed by atoms with Crippen LogP contribution in [0.5, 0.6) is 11.5 Å². The van der Waals surface area contributed by atoms with E-state index in [1.807, 2.05) is 12.1 Å². The van der Waals surface area contributed by atoms with Gasteiger partial charge in [0.25, 0.3) is 0 Å². The van der Waals surface area contributed by atoms with Crippen LogP contribution in [-0.4, -0.2) is 25.8 Å². The van der Waals surface area contributed by atoms with Crippen LogP contribution in [0.15, 0.2) is 24.3 Å². The van der Waals surface area contributed by atoms with Crippen LogP contribution in [0.2, 0.25) is 0 Å². The zero-order valence-corrected chi connectivity index (χ0v) is 20.8. The molecule has 0 heterocycles. The molecule has 32 heavy (non-hydrogen) atoms. The first-order valence-electron chi connectivity index (χ1n) is 11.4. The Labute approximate surface area is 192 Å². The molecule has 0 radical (unpaired) electrons. The van der Waals surface area contributed by atoms with Crippen LogP contribution in [0.25, 0.3) is 0 Å². The van der Waals surface area contributed by atoms with Gasteiger partial charge in [-0.05, 0) is 70.9 Å². The molecule has 0 unspecified atom stereocenters. The second-order valence-electron chi connectivity index (χ2n) is 10.8. The first kappa shape index (κ1) is 24.0. The van der Waals surface area contributed by atoms with Crippen molar-refractivity contribution in [1.29, 1.82) is 0 Å². The number of fused-ring (bicyclic) bond motifs is 4. The molecular weight excluding hydrogens is 400 g/mol. The lowest BCUT2D eigenvalue weighted by Gasteiger charge is -2.25. The maximum atomic E-state index is 13.6. The molecule has 0 spiro atoms. The van der Waals surface area contributed by atoms with Crippen LogP contribution in [0.3, 0.4) is 0 Å². The Morgan fingerprint density at radius 2 is 0.969 bits per heavy atom. The second-order valence-corrected chi connectivity index (χ2v) is 10.8. The summed E-state index contributed by atoms with van der Waals surface area (Å²) in [6.07, 6.45) is 3.47. The van der Waals surface area contributed by atoms with Crippen molar-refractivity contribution in [2.24, 2.45) is 0 Å². The third-order valence-corrected chi connectivity index (χ3v) is 6.31. The molecular formula is C28H36O4. The molecule has 4 heteroatoms. The van der Waals surface area contributed by atoms with Crippen molar-refractivity contribution < 1.29 is 19.1 Å². The summed E-state index contributed by atoms with van der Waals surface area (Å²) in [6, 6.07) is 7.91. The number of hydrogen-bond donors (Lipinski definition) is 0. The van der Waals surface area contributed by atoms with Crippen LogP contribution < -0.4 is 9.47 Å². The number of rotatable bonds is 2. The number of benzene rings is 2. The van der Waals surface area contributed by atoms with Gasteiger partial charge in [-0.15, -0.1) is 0 Å². The molecule has 1 aliphatic carbocycles. The molecule has 0 atom stereocenters. The van der Waals surface area contributed by atoms with Crippen LogP contribution in [-0.2, 0) is 23.7 Å². The summed E-state index contributed by atoms with van der Waals surface area (Å²) in [5.74, 6) is -0.0682. The summed E-state index contributed by atoms with van der Waals surface area (Å²) in [4.78, 5) is 27.3. The van der Waals surface area contributed by atoms with E-state index in [0.717, 1.165) is 47.9 Å². The van der Waals surface area contributed by atoms with Crippen LogP contribution in [0.4, 0.5) is 0 Å². The molecule has 0 aromatic heterocycles. The number of aryl methyl sites for hydroxylation is 2. The maximum Gasteiger partial charge on any atom is 0.237 e. The van der Waals surface area contributed by atoms with Crippen molar-refractivity contribution in [1.82, 2.24) is 0 Å². The summed E-state index contributed by atoms with van der Waals surface area (Å²) in [5, 5.41) is 0. The summed E-state index contributed by atoms with van der Waals surface area (Å²) in [6.45, 7) is 12.7. The van der Waals surface area contributed by atoms with Gasteiger partial charge in [-0.3, -0.25) is 9.59 Å². The molecule has 0 aliphatic heterocycles. The quantitative estimate of drug-likeness (QED) is 0.523. The number of carbonyl (C=O) groups is 2. The van der Waals surface area contributed by atoms with Gasteiger partial charge in [-0.1, -0.05) is 53.7 Å². The third-order valence-electron chi connectivity index (χ3n) is 6.31. The molecule has 2 aromatic rings. The van der Waals surface area contributed by atoms with E-state index in [9.17, 15) is 9.59 Å². The Morgan fingerprint density at radius 3 is 1.25 bits per heavy atom. The number of ether oxygens (including phenoxy) is 2. The van der Waals surface area contributed by atoms with E-state index in [4.69, 9.17) is 9.47 Å². The summed E-state index contributed by atoms with van der Waals surface area (Å²) in [5.41, 5.74) is 4.39. The zero-order chi connectivity index (χ0) is 23.8. The van der Waals surface area contributed by atoms with E-state index in [2.05, 4.69) is 53.7 Å². The van der Waals surface area contributed by atoms with Crippen molar-refractivity contribution in [2.75, 3.05) is 14.2 Å². The lowest BCUT2D eigenvalue weighted by molar-refractivity contribution is 0.0812. The number of hydrogen-bond acceptors (Lipinski definition) is 4. The van der Waals surface area contributed by atoms with Crippen LogP contribution in [0.1, 0.15) is 97.4 Å². The Morgan fingerprint density at radius 1 is 0.625 bits per heavy atom. The van der Waals surface area contributed by atoms with E-state index in [-0.39, 0.29) is 10.8 Å². The smallest absolute Gasteiger partial charge is 0.237 e. The fraction of sp³-hybridized carbons (Fsp3) is 0.500. The van der Waals surface area contributed by atoms with Gasteiger partial charge >= 0.3 is 0 Å². The summed E-state index contributed by atoms with van der Waals surface area (Å²) >= 11 is 0. The van der Waals surface area contributed by atoms with Crippen molar-refractivity contribution in [3.05, 3.63) is 57.6 Å². The molecule has 2 aromatic carbocycles. The van der Waals surface area contributed by atoms with E-state index in [1.165, 1.54) is 0 Å². The average Bonchev–Trinajstić information content (AvgIpc) is 2.72. The number of methoxy groups -OCH3 is 2. The van der Waals surface area contributed by atoms with E-state index >= 15 is 0 Å². The third kappa shape index (κ3) is 4.60. The molecule has 0 amide bonds. The van der Waals surface area contributed by atoms with Crippen LogP contribution in [0, 0.1) is 0 Å². The van der Waals surface area contributed by atoms with Crippen molar-refractivity contribution in [3.8, 4) is 11.5 Å². The Hall–Kier alpha value is -2.62. The Balaban J connectivity index is 2.30. The van der Waals surface area contributed by atoms with E-state index in [1.54, 1.807) is 14.2 Å². The SMILES string of the molecule is COc1c2cc(C(C)(C)C)cc1C(=O)C(=O)c1cc(C(C)(C)C)cc(c1OC)CCCC2. The van der Waals surface area contributed by atoms with Gasteiger partial charge in [-0.2, -0.15) is 0 Å². The number of Topliss-reactive ketones (excluding diaryl/α,β-unsaturated/α-hetero) is 2. The lowest BCUT2D eigenvalue weighted by Crippen LogP contribution is -2.22. The molecule has 1 aliphatic rings. The largest absolute Gasteiger partial charge is 0.496 e. The maximum absolute atomic E-state index is 13.6. The van der Waals surface area contributed by atoms with E-state index in [0.29, 0.717) is 22.6 Å². The highest BCUT2D eigenvalue weighted by Gasteiger charge is 2.31. The fourth-order valence-electron chi connectivity index (χ4n) is 4.31. The average molecular weight is 437 g/mol. The van der Waals surface area contributed by atoms with Gasteiger partial charge in [0.2, 0.25) is 11.6 Å². The Bertz CT molecular complexity index is 963. The molecule has 0 N–H and O–H groups in total. The lowest BCUT2D eigenvalue weighted by atomic mass is 9.81. The molecule has 0 saturated carbocycles. The van der Waals surface area contributed by atoms with Gasteiger partial charge in [0, 0.05) is 0 Å². The highest BCUT2D eigenvalue weighted by atomic mass is 16.5. The van der Waals surface area contributed by atoms with Gasteiger partial charge < -0.3 is 9.47 Å². The number of ketones is 2. The second kappa shape index (κ2) is 8.73. The topological polar surface area (TPSA) is 52.6 Å². The monoisotopic (exact) mass is 436 g/mol. The molecule has 4 bridgehead atoms. The van der Waals surface area contributed by atoms with Gasteiger partial charge in [0.1, 0.15) is 11.5 Å². The minimum atomic E-state index is -0.551. The molecule has 0 fully saturated rings. The van der Waals surface area contributed by atoms with Gasteiger partial charge in [0.05, 0.1) is 25.3 Å². The van der Waals surface area contributed by atoms with Gasteiger partial charge in [-0.25, -0.2) is 0 Å². The first-order chi connectivity index (χ1) is 14.9. The van der Waals surface area contributed by atoms with Crippen LogP contribution >= 0.6 is 0 Å². The zero-order valence-electron chi connectivity index (χ0n) is 20.8. The minimum Gasteiger partial charge on any atom is -0.496 e. The normalized spacial score (nSPS) is 15.1. The fourth-order valence-corrected chi connectivity index (χ4v) is 4.31. The summed E-state index contributed by atoms with van der Waals surface area (Å²) in [7, 11) is 3.14. The van der Waals surface area contributed by atoms with Crippen molar-refractivity contribution in [3.63, 3.8) is 0 Å². The van der Waals surface area contributed by atoms with Gasteiger partial charge in [0.15, 0.2) is 0 Å². The molecule has 4 nitrogen and oxygen atoms in total. The van der Waals surface area contributed by atoms with Crippen molar-refractivity contribution >= 4 is 11.6 Å². The molecule has 0 saturated heterocycles. The predicted octanol–water partition coefficient (Wildman–Crippen LogP) is 6.24. The number of carbonyl (C=O) groups excluding carboxylic acids is 2. The van der Waals surface area contributed by atoms with E-state index < -0.39 is 11.6 Å². The highest BCUT2D eigenvalue weighted by Crippen LogP contribution is 2.37. The predicted molar refractivity (Wildman–Crippen MR) is 129 cm³/mol. The Kier molecular flexibility index (Phi) is 6.55. The van der Waals surface area contributed by atoms with Crippen molar-refractivity contribution in [2.45, 2.75) is 78.1 Å². The minimum absolute atomic E-state index is 0.160. The molecule has 3 rings (SSSR count). The highest BCUT2D eigenvalue weighted by molar-refractivity contribution is 6.50. The first-order valence-corrected chi connectivity index (χ1v) is 11.4.